The van der Waals surface area contributed by atoms with Crippen LogP contribution in [0, 0.1) is 0 Å². The quantitative estimate of drug-likeness (QED) is 0.784. The third-order valence-electron chi connectivity index (χ3n) is 2.85. The third kappa shape index (κ3) is 3.45. The van der Waals surface area contributed by atoms with Crippen molar-refractivity contribution in [1.29, 1.82) is 0 Å². The van der Waals surface area contributed by atoms with Crippen molar-refractivity contribution < 1.29 is 15.0 Å². The molecule has 1 unspecified atom stereocenters. The second kappa shape index (κ2) is 6.37. The topological polar surface area (TPSA) is 64.0 Å². The number of nitrogens with zero attached hydrogens (tertiary/aromatic N) is 2. The lowest BCUT2D eigenvalue weighted by Gasteiger charge is -2.24. The lowest BCUT2D eigenvalue weighted by molar-refractivity contribution is -0.143. The van der Waals surface area contributed by atoms with Gasteiger partial charge in [-0.1, -0.05) is 12.1 Å². The first-order valence-electron chi connectivity index (χ1n) is 5.78. The van der Waals surface area contributed by atoms with Crippen LogP contribution in [0.1, 0.15) is 11.6 Å². The summed E-state index contributed by atoms with van der Waals surface area (Å²) in [5.74, 6) is -0.913. The van der Waals surface area contributed by atoms with Gasteiger partial charge in [0.2, 0.25) is 0 Å². The number of rotatable bonds is 6. The lowest BCUT2D eigenvalue weighted by Crippen LogP contribution is -2.32. The van der Waals surface area contributed by atoms with E-state index in [0.29, 0.717) is 12.1 Å². The zero-order valence-corrected chi connectivity index (χ0v) is 11.0. The highest BCUT2D eigenvalue weighted by molar-refractivity contribution is 5.75. The van der Waals surface area contributed by atoms with Crippen LogP contribution in [0.2, 0.25) is 0 Å². The van der Waals surface area contributed by atoms with E-state index in [1.165, 1.54) is 0 Å². The van der Waals surface area contributed by atoms with E-state index in [0.717, 1.165) is 5.69 Å². The first-order valence-corrected chi connectivity index (χ1v) is 5.78. The van der Waals surface area contributed by atoms with Crippen LogP contribution in [-0.2, 0) is 4.79 Å². The maximum Gasteiger partial charge on any atom is 0.325 e. The molecular formula is C13H20N2O3. The summed E-state index contributed by atoms with van der Waals surface area (Å²) in [5.41, 5.74) is 1.73. The van der Waals surface area contributed by atoms with Gasteiger partial charge in [-0.3, -0.25) is 9.69 Å². The van der Waals surface area contributed by atoms with Gasteiger partial charge in [-0.15, -0.1) is 0 Å². The smallest absolute Gasteiger partial charge is 0.325 e. The zero-order valence-electron chi connectivity index (χ0n) is 11.0. The average Bonchev–Trinajstić information content (AvgIpc) is 2.29. The molecule has 0 aliphatic rings. The first kappa shape index (κ1) is 14.5. The van der Waals surface area contributed by atoms with E-state index in [9.17, 15) is 9.90 Å². The summed E-state index contributed by atoms with van der Waals surface area (Å²) in [6, 6.07) is 6.66. The summed E-state index contributed by atoms with van der Waals surface area (Å²) >= 11 is 0. The number of aliphatic carboxylic acids is 1. The van der Waals surface area contributed by atoms with E-state index in [2.05, 4.69) is 0 Å². The predicted octanol–water partition coefficient (Wildman–Crippen LogP) is 0.802. The number of carbonyl (C=O) groups is 1. The molecule has 1 aromatic carbocycles. The van der Waals surface area contributed by atoms with Crippen LogP contribution in [0.4, 0.5) is 5.69 Å². The maximum atomic E-state index is 11.3. The number of benzene rings is 1. The molecular weight excluding hydrogens is 232 g/mol. The molecule has 0 aromatic heterocycles. The normalized spacial score (nSPS) is 12.5. The fraction of sp³-hybridized carbons (Fsp3) is 0.462. The van der Waals surface area contributed by atoms with Crippen molar-refractivity contribution >= 4 is 11.7 Å². The highest BCUT2D eigenvalue weighted by Crippen LogP contribution is 2.22. The van der Waals surface area contributed by atoms with Gasteiger partial charge in [-0.05, 0) is 24.7 Å². The highest BCUT2D eigenvalue weighted by Gasteiger charge is 2.24. The summed E-state index contributed by atoms with van der Waals surface area (Å²) in [5, 5.41) is 18.2. The molecule has 0 aliphatic heterocycles. The number of anilines is 1. The summed E-state index contributed by atoms with van der Waals surface area (Å²) in [4.78, 5) is 14.9. The number of carboxylic acids is 1. The fourth-order valence-electron chi connectivity index (χ4n) is 1.83. The molecule has 5 nitrogen and oxygen atoms in total. The van der Waals surface area contributed by atoms with Gasteiger partial charge in [-0.25, -0.2) is 0 Å². The minimum atomic E-state index is -0.913. The maximum absolute atomic E-state index is 11.3. The van der Waals surface area contributed by atoms with Gasteiger partial charge < -0.3 is 15.1 Å². The van der Waals surface area contributed by atoms with Gasteiger partial charge in [0.1, 0.15) is 6.04 Å². The molecule has 1 aromatic rings. The number of aliphatic hydroxyl groups is 1. The van der Waals surface area contributed by atoms with Crippen LogP contribution in [-0.4, -0.2) is 55.4 Å². The summed E-state index contributed by atoms with van der Waals surface area (Å²) in [6.45, 7) is 0.266. The van der Waals surface area contributed by atoms with Crippen LogP contribution in [0.15, 0.2) is 24.3 Å². The van der Waals surface area contributed by atoms with E-state index in [4.69, 9.17) is 5.11 Å². The van der Waals surface area contributed by atoms with Crippen LogP contribution in [0.25, 0.3) is 0 Å². The van der Waals surface area contributed by atoms with Crippen molar-refractivity contribution in [1.82, 2.24) is 4.90 Å². The van der Waals surface area contributed by atoms with Crippen molar-refractivity contribution in [3.05, 3.63) is 29.8 Å². The summed E-state index contributed by atoms with van der Waals surface area (Å²) in [6.07, 6.45) is 0. The third-order valence-corrected chi connectivity index (χ3v) is 2.85. The summed E-state index contributed by atoms with van der Waals surface area (Å²) < 4.78 is 0. The molecule has 0 radical (unpaired) electrons. The summed E-state index contributed by atoms with van der Waals surface area (Å²) in [7, 11) is 5.55. The van der Waals surface area contributed by atoms with E-state index in [-0.39, 0.29) is 6.61 Å². The van der Waals surface area contributed by atoms with Gasteiger partial charge in [0.05, 0.1) is 6.61 Å². The minimum Gasteiger partial charge on any atom is -0.480 e. The Balaban J connectivity index is 2.96. The van der Waals surface area contributed by atoms with Crippen molar-refractivity contribution in [2.45, 2.75) is 6.04 Å². The van der Waals surface area contributed by atoms with Crippen molar-refractivity contribution in [3.63, 3.8) is 0 Å². The van der Waals surface area contributed by atoms with E-state index >= 15 is 0 Å². The molecule has 5 heteroatoms. The van der Waals surface area contributed by atoms with E-state index in [1.807, 2.05) is 43.3 Å². The first-order chi connectivity index (χ1) is 8.47. The molecule has 0 spiro atoms. The molecule has 0 heterocycles. The number of likely N-dealkylation sites (N-methyl/N-ethyl adjacent to an activating group) is 1. The zero-order chi connectivity index (χ0) is 13.7. The van der Waals surface area contributed by atoms with Gasteiger partial charge in [0, 0.05) is 26.3 Å². The largest absolute Gasteiger partial charge is 0.480 e. The molecule has 2 N–H and O–H groups in total. The molecule has 100 valence electrons. The Morgan fingerprint density at radius 2 is 1.78 bits per heavy atom. The van der Waals surface area contributed by atoms with Crippen LogP contribution < -0.4 is 4.90 Å². The van der Waals surface area contributed by atoms with Gasteiger partial charge in [-0.2, -0.15) is 0 Å². The van der Waals surface area contributed by atoms with E-state index < -0.39 is 12.0 Å². The van der Waals surface area contributed by atoms with E-state index in [1.54, 1.807) is 11.9 Å². The Hall–Kier alpha value is -1.59. The van der Waals surface area contributed by atoms with Crippen molar-refractivity contribution in [3.8, 4) is 0 Å². The van der Waals surface area contributed by atoms with Gasteiger partial charge in [0.15, 0.2) is 0 Å². The molecule has 18 heavy (non-hydrogen) atoms. The molecule has 0 saturated heterocycles. The highest BCUT2D eigenvalue weighted by atomic mass is 16.4. The van der Waals surface area contributed by atoms with Crippen molar-refractivity contribution in [2.24, 2.45) is 0 Å². The molecule has 0 bridgehead atoms. The lowest BCUT2D eigenvalue weighted by atomic mass is 10.1. The molecule has 1 atom stereocenters. The van der Waals surface area contributed by atoms with Crippen molar-refractivity contribution in [2.75, 3.05) is 39.2 Å². The Bertz CT molecular complexity index is 390. The van der Waals surface area contributed by atoms with Crippen LogP contribution >= 0.6 is 0 Å². The second-order valence-electron chi connectivity index (χ2n) is 4.43. The number of carboxylic acid groups (broad SMARTS) is 1. The number of hydrogen-bond donors (Lipinski definition) is 2. The Labute approximate surface area is 107 Å². The molecule has 0 saturated carbocycles. The minimum absolute atomic E-state index is 0.0595. The number of aliphatic hydroxyl groups excluding tert-OH is 1. The molecule has 0 amide bonds. The average molecular weight is 252 g/mol. The SMILES string of the molecule is CN(C)c1ccc(C(C(=O)O)N(C)CCO)cc1. The number of hydrogen-bond acceptors (Lipinski definition) is 4. The second-order valence-corrected chi connectivity index (χ2v) is 4.43. The van der Waals surface area contributed by atoms with Crippen LogP contribution in [0.5, 0.6) is 0 Å². The van der Waals surface area contributed by atoms with Gasteiger partial charge >= 0.3 is 5.97 Å². The standard InChI is InChI=1S/C13H20N2O3/c1-14(2)11-6-4-10(5-7-11)12(13(17)18)15(3)8-9-16/h4-7,12,16H,8-9H2,1-3H3,(H,17,18). The molecule has 0 fully saturated rings. The monoisotopic (exact) mass is 252 g/mol. The Morgan fingerprint density at radius 3 is 2.17 bits per heavy atom. The molecule has 1 rings (SSSR count). The van der Waals surface area contributed by atoms with Gasteiger partial charge in [0.25, 0.3) is 0 Å². The Kier molecular flexibility index (Phi) is 5.12. The van der Waals surface area contributed by atoms with Crippen LogP contribution in [0.3, 0.4) is 0 Å². The fourth-order valence-corrected chi connectivity index (χ4v) is 1.83. The Morgan fingerprint density at radius 1 is 1.22 bits per heavy atom. The predicted molar refractivity (Wildman–Crippen MR) is 70.9 cm³/mol. The molecule has 0 aliphatic carbocycles.